The van der Waals surface area contributed by atoms with Gasteiger partial charge in [0, 0.05) is 37.7 Å². The summed E-state index contributed by atoms with van der Waals surface area (Å²) < 4.78 is 0.675. The average molecular weight is 335 g/mol. The number of carboxylic acids is 1. The highest BCUT2D eigenvalue weighted by molar-refractivity contribution is 5.83. The second-order valence-electron chi connectivity index (χ2n) is 6.48. The molecule has 1 saturated carbocycles. The molecule has 3 N–H and O–H groups in total. The largest absolute Gasteiger partial charge is 0.619 e. The number of carboxylic acid groups (broad SMARTS) is 1. The summed E-state index contributed by atoms with van der Waals surface area (Å²) in [5.41, 5.74) is 6.52. The molecule has 1 aromatic rings. The number of nitrogens with two attached hydrogens (primary N) is 1. The van der Waals surface area contributed by atoms with Crippen LogP contribution in [0.1, 0.15) is 37.8 Å². The van der Waals surface area contributed by atoms with Crippen molar-refractivity contribution in [3.8, 4) is 0 Å². The lowest BCUT2D eigenvalue weighted by Gasteiger charge is -2.37. The molecule has 0 aromatic carbocycles. The van der Waals surface area contributed by atoms with Crippen LogP contribution in [0.3, 0.4) is 0 Å². The van der Waals surface area contributed by atoms with Crippen LogP contribution in [-0.4, -0.2) is 41.0 Å². The zero-order chi connectivity index (χ0) is 17.7. The van der Waals surface area contributed by atoms with Crippen LogP contribution in [0.4, 0.5) is 0 Å². The highest BCUT2D eigenvalue weighted by Gasteiger charge is 2.34. The van der Waals surface area contributed by atoms with Crippen LogP contribution in [0.15, 0.2) is 24.4 Å². The van der Waals surface area contributed by atoms with Gasteiger partial charge in [-0.3, -0.25) is 9.59 Å². The minimum absolute atomic E-state index is 0.0716. The maximum absolute atomic E-state index is 12.8. The number of aliphatic carboxylic acids is 1. The average Bonchev–Trinajstić information content (AvgIpc) is 2.55. The second-order valence-corrected chi connectivity index (χ2v) is 6.48. The van der Waals surface area contributed by atoms with Crippen LogP contribution in [-0.2, 0) is 16.0 Å². The molecule has 0 spiro atoms. The van der Waals surface area contributed by atoms with E-state index >= 15 is 0 Å². The molecule has 0 aliphatic heterocycles. The third-order valence-electron chi connectivity index (χ3n) is 4.76. The van der Waals surface area contributed by atoms with Gasteiger partial charge in [-0.25, -0.2) is 0 Å². The Bertz CT molecular complexity index is 593. The van der Waals surface area contributed by atoms with Gasteiger partial charge in [0.25, 0.3) is 0 Å². The van der Waals surface area contributed by atoms with E-state index in [-0.39, 0.29) is 30.8 Å². The second kappa shape index (κ2) is 8.10. The molecule has 3 atom stereocenters. The summed E-state index contributed by atoms with van der Waals surface area (Å²) in [6, 6.07) is 4.75. The quantitative estimate of drug-likeness (QED) is 0.587. The monoisotopic (exact) mass is 335 g/mol. The van der Waals surface area contributed by atoms with Crippen molar-refractivity contribution < 1.29 is 19.4 Å². The van der Waals surface area contributed by atoms with E-state index in [1.165, 1.54) is 6.20 Å². The van der Waals surface area contributed by atoms with Gasteiger partial charge in [-0.2, -0.15) is 4.73 Å². The fourth-order valence-electron chi connectivity index (χ4n) is 3.40. The van der Waals surface area contributed by atoms with E-state index in [1.54, 1.807) is 30.1 Å². The fraction of sp³-hybridized carbons (Fsp3) is 0.588. The summed E-state index contributed by atoms with van der Waals surface area (Å²) >= 11 is 0. The number of rotatable bonds is 6. The Labute approximate surface area is 141 Å². The van der Waals surface area contributed by atoms with E-state index in [9.17, 15) is 14.8 Å². The third kappa shape index (κ3) is 4.44. The summed E-state index contributed by atoms with van der Waals surface area (Å²) in [5, 5.41) is 21.0. The molecule has 0 saturated heterocycles. The van der Waals surface area contributed by atoms with Gasteiger partial charge in [-0.05, 0) is 12.8 Å². The molecule has 24 heavy (non-hydrogen) atoms. The number of carbonyl (C=O) groups is 2. The van der Waals surface area contributed by atoms with Crippen molar-refractivity contribution in [3.63, 3.8) is 0 Å². The van der Waals surface area contributed by atoms with Crippen molar-refractivity contribution in [1.82, 2.24) is 4.90 Å². The van der Waals surface area contributed by atoms with Crippen molar-refractivity contribution in [2.45, 2.75) is 50.6 Å². The van der Waals surface area contributed by atoms with Crippen LogP contribution in [0.5, 0.6) is 0 Å². The molecule has 0 unspecified atom stereocenters. The third-order valence-corrected chi connectivity index (χ3v) is 4.76. The lowest BCUT2D eigenvalue weighted by molar-refractivity contribution is -0.614. The molecule has 1 amide bonds. The number of hydrogen-bond donors (Lipinski definition) is 2. The minimum Gasteiger partial charge on any atom is -0.619 e. The van der Waals surface area contributed by atoms with E-state index in [1.807, 2.05) is 0 Å². The standard InChI is InChI=1S/C17H25N3O4/c1-19(15-8-3-2-7-14(15)18)17(23)12(11-16(21)22)10-13-6-4-5-9-20(13)24/h4-6,9,12,14-15H,2-3,7-8,10-11,18H2,1H3,(H,21,22)/t12-,14+,15+/m1/s1. The lowest BCUT2D eigenvalue weighted by Crippen LogP contribution is -2.52. The number of likely N-dealkylation sites (N-methyl/N-ethyl adjacent to an activating group) is 1. The molecule has 2 rings (SSSR count). The Kier molecular flexibility index (Phi) is 6.14. The first kappa shape index (κ1) is 18.2. The van der Waals surface area contributed by atoms with Gasteiger partial charge < -0.3 is 20.9 Å². The normalized spacial score (nSPS) is 21.9. The molecule has 7 nitrogen and oxygen atoms in total. The maximum atomic E-state index is 12.8. The molecule has 1 aromatic heterocycles. The predicted octanol–water partition coefficient (Wildman–Crippen LogP) is 0.682. The first-order valence-electron chi connectivity index (χ1n) is 8.31. The Morgan fingerprint density at radius 3 is 2.75 bits per heavy atom. The van der Waals surface area contributed by atoms with Gasteiger partial charge in [-0.1, -0.05) is 18.9 Å². The zero-order valence-electron chi connectivity index (χ0n) is 13.9. The van der Waals surface area contributed by atoms with Gasteiger partial charge in [0.1, 0.15) is 0 Å². The number of amides is 1. The van der Waals surface area contributed by atoms with E-state index in [0.29, 0.717) is 10.4 Å². The molecular formula is C17H25N3O4. The summed E-state index contributed by atoms with van der Waals surface area (Å²) in [6.07, 6.45) is 4.90. The first-order valence-corrected chi connectivity index (χ1v) is 8.31. The maximum Gasteiger partial charge on any atom is 0.304 e. The van der Waals surface area contributed by atoms with Crippen molar-refractivity contribution in [1.29, 1.82) is 0 Å². The molecule has 0 bridgehead atoms. The van der Waals surface area contributed by atoms with Gasteiger partial charge in [0.2, 0.25) is 5.91 Å². The van der Waals surface area contributed by atoms with Crippen LogP contribution in [0.25, 0.3) is 0 Å². The first-order chi connectivity index (χ1) is 11.4. The smallest absolute Gasteiger partial charge is 0.304 e. The van der Waals surface area contributed by atoms with Crippen molar-refractivity contribution in [2.24, 2.45) is 11.7 Å². The lowest BCUT2D eigenvalue weighted by atomic mass is 9.88. The van der Waals surface area contributed by atoms with Gasteiger partial charge >= 0.3 is 5.97 Å². The highest BCUT2D eigenvalue weighted by atomic mass is 16.5. The molecule has 1 aliphatic carbocycles. The van der Waals surface area contributed by atoms with Crippen LogP contribution < -0.4 is 10.5 Å². The Morgan fingerprint density at radius 1 is 1.42 bits per heavy atom. The van der Waals surface area contributed by atoms with E-state index < -0.39 is 11.9 Å². The minimum atomic E-state index is -1.05. The number of nitrogens with zero attached hydrogens (tertiary/aromatic N) is 2. The molecule has 1 aliphatic rings. The summed E-state index contributed by atoms with van der Waals surface area (Å²) in [4.78, 5) is 25.6. The summed E-state index contributed by atoms with van der Waals surface area (Å²) in [7, 11) is 1.68. The molecule has 1 fully saturated rings. The van der Waals surface area contributed by atoms with Gasteiger partial charge in [0.15, 0.2) is 11.9 Å². The van der Waals surface area contributed by atoms with Crippen molar-refractivity contribution in [2.75, 3.05) is 7.05 Å². The SMILES string of the molecule is CN(C(=O)[C@@H](CC(=O)O)Cc1cccc[n+]1[O-])[C@H]1CCCC[C@@H]1N. The molecule has 1 heterocycles. The number of carbonyl (C=O) groups excluding carboxylic acids is 1. The van der Waals surface area contributed by atoms with Crippen LogP contribution in [0, 0.1) is 11.1 Å². The van der Waals surface area contributed by atoms with Gasteiger partial charge in [0.05, 0.1) is 12.3 Å². The van der Waals surface area contributed by atoms with Crippen LogP contribution in [0.2, 0.25) is 0 Å². The van der Waals surface area contributed by atoms with E-state index in [2.05, 4.69) is 0 Å². The predicted molar refractivity (Wildman–Crippen MR) is 87.9 cm³/mol. The highest BCUT2D eigenvalue weighted by Crippen LogP contribution is 2.23. The summed E-state index contributed by atoms with van der Waals surface area (Å²) in [5.74, 6) is -2.09. The number of aromatic nitrogens is 1. The molecular weight excluding hydrogens is 310 g/mol. The van der Waals surface area contributed by atoms with Crippen molar-refractivity contribution in [3.05, 3.63) is 35.3 Å². The summed E-state index contributed by atoms with van der Waals surface area (Å²) in [6.45, 7) is 0. The van der Waals surface area contributed by atoms with E-state index in [4.69, 9.17) is 10.8 Å². The van der Waals surface area contributed by atoms with E-state index in [0.717, 1.165) is 25.7 Å². The number of pyridine rings is 1. The Morgan fingerprint density at radius 2 is 2.12 bits per heavy atom. The topological polar surface area (TPSA) is 111 Å². The fourth-order valence-corrected chi connectivity index (χ4v) is 3.40. The molecule has 0 radical (unpaired) electrons. The zero-order valence-corrected chi connectivity index (χ0v) is 13.9. The molecule has 7 heteroatoms. The molecule has 132 valence electrons. The van der Waals surface area contributed by atoms with Crippen molar-refractivity contribution >= 4 is 11.9 Å². The Balaban J connectivity index is 2.15. The number of hydrogen-bond acceptors (Lipinski definition) is 4. The Hall–Kier alpha value is -2.15. The van der Waals surface area contributed by atoms with Gasteiger partial charge in [-0.15, -0.1) is 0 Å². The van der Waals surface area contributed by atoms with Crippen LogP contribution >= 0.6 is 0 Å².